The lowest BCUT2D eigenvalue weighted by Crippen LogP contribution is -2.38. The Hall–Kier alpha value is -1.45. The number of hydrogen-bond acceptors (Lipinski definition) is 3. The van der Waals surface area contributed by atoms with Crippen LogP contribution in [0.2, 0.25) is 0 Å². The minimum absolute atomic E-state index is 0.890. The van der Waals surface area contributed by atoms with E-state index in [1.54, 1.807) is 0 Å². The van der Waals surface area contributed by atoms with Gasteiger partial charge in [0.15, 0.2) is 0 Å². The smallest absolute Gasteiger partial charge is 0.0702 e. The van der Waals surface area contributed by atoms with Gasteiger partial charge in [0.25, 0.3) is 0 Å². The number of aromatic nitrogens is 1. The predicted molar refractivity (Wildman–Crippen MR) is 90.8 cm³/mol. The van der Waals surface area contributed by atoms with E-state index >= 15 is 0 Å². The first kappa shape index (κ1) is 14.2. The number of hydrogen-bond donors (Lipinski definition) is 0. The Kier molecular flexibility index (Phi) is 3.85. The fourth-order valence-corrected chi connectivity index (χ4v) is 4.19. The molecule has 2 bridgehead atoms. The van der Waals surface area contributed by atoms with Crippen molar-refractivity contribution in [2.75, 3.05) is 26.7 Å². The van der Waals surface area contributed by atoms with Crippen LogP contribution in [0.3, 0.4) is 0 Å². The molecule has 2 heterocycles. The Morgan fingerprint density at radius 1 is 1.27 bits per heavy atom. The molecule has 1 aromatic heterocycles. The van der Waals surface area contributed by atoms with E-state index in [4.69, 9.17) is 0 Å². The summed E-state index contributed by atoms with van der Waals surface area (Å²) in [7, 11) is 2.23. The minimum Gasteiger partial charge on any atom is -0.301 e. The van der Waals surface area contributed by atoms with Crippen molar-refractivity contribution in [1.29, 1.82) is 0 Å². The van der Waals surface area contributed by atoms with Crippen molar-refractivity contribution >= 4 is 10.9 Å². The van der Waals surface area contributed by atoms with Crippen molar-refractivity contribution in [3.8, 4) is 0 Å². The van der Waals surface area contributed by atoms with E-state index < -0.39 is 0 Å². The van der Waals surface area contributed by atoms with Gasteiger partial charge < -0.3 is 4.90 Å². The van der Waals surface area contributed by atoms with Gasteiger partial charge in [-0.3, -0.25) is 9.88 Å². The van der Waals surface area contributed by atoms with Crippen LogP contribution in [0.5, 0.6) is 0 Å². The summed E-state index contributed by atoms with van der Waals surface area (Å²) in [6.07, 6.45) is 6.39. The highest BCUT2D eigenvalue weighted by Crippen LogP contribution is 2.36. The number of benzene rings is 1. The van der Waals surface area contributed by atoms with Crippen LogP contribution < -0.4 is 0 Å². The van der Waals surface area contributed by atoms with Crippen LogP contribution in [0.15, 0.2) is 36.5 Å². The van der Waals surface area contributed by atoms with Crippen LogP contribution in [-0.2, 0) is 6.54 Å². The van der Waals surface area contributed by atoms with E-state index in [0.29, 0.717) is 0 Å². The summed E-state index contributed by atoms with van der Waals surface area (Å²) < 4.78 is 0. The van der Waals surface area contributed by atoms with Crippen LogP contribution in [0.1, 0.15) is 24.8 Å². The maximum Gasteiger partial charge on any atom is 0.0702 e. The Morgan fingerprint density at radius 2 is 2.18 bits per heavy atom. The normalized spacial score (nSPS) is 24.6. The number of fused-ring (bicyclic) bond motifs is 3. The molecule has 1 aromatic carbocycles. The van der Waals surface area contributed by atoms with E-state index in [-0.39, 0.29) is 0 Å². The molecule has 1 aliphatic heterocycles. The molecule has 0 unspecified atom stereocenters. The van der Waals surface area contributed by atoms with Crippen LogP contribution in [0.4, 0.5) is 0 Å². The standard InChI is InChI=1S/C19H25N3/c1-21(8-9-22-14-15-6-7-18(22)11-15)13-16-10-17-4-2-3-5-19(17)20-12-16/h2-5,10,12,15,18H,6-9,11,13-14H2,1H3/t15-,18+/m1/s1. The first-order valence-electron chi connectivity index (χ1n) is 8.54. The second kappa shape index (κ2) is 5.98. The van der Waals surface area contributed by atoms with Crippen molar-refractivity contribution in [1.82, 2.24) is 14.8 Å². The Balaban J connectivity index is 1.33. The molecule has 0 radical (unpaired) electrons. The second-order valence-electron chi connectivity index (χ2n) is 7.10. The molecular formula is C19H25N3. The molecule has 0 spiro atoms. The summed E-state index contributed by atoms with van der Waals surface area (Å²) in [4.78, 5) is 9.71. The molecule has 3 heteroatoms. The van der Waals surface area contributed by atoms with Crippen molar-refractivity contribution in [2.24, 2.45) is 5.92 Å². The number of para-hydroxylation sites is 1. The minimum atomic E-state index is 0.890. The first-order valence-corrected chi connectivity index (χ1v) is 8.54. The molecule has 2 aliphatic rings. The average Bonchev–Trinajstić information content (AvgIpc) is 3.15. The summed E-state index contributed by atoms with van der Waals surface area (Å²) in [6.45, 7) is 4.70. The van der Waals surface area contributed by atoms with Gasteiger partial charge in [0.05, 0.1) is 5.52 Å². The summed E-state index contributed by atoms with van der Waals surface area (Å²) in [5.41, 5.74) is 2.39. The lowest BCUT2D eigenvalue weighted by molar-refractivity contribution is 0.182. The van der Waals surface area contributed by atoms with Crippen molar-refractivity contribution in [3.63, 3.8) is 0 Å². The lowest BCUT2D eigenvalue weighted by Gasteiger charge is -2.28. The van der Waals surface area contributed by atoms with Crippen molar-refractivity contribution < 1.29 is 0 Å². The van der Waals surface area contributed by atoms with Crippen molar-refractivity contribution in [2.45, 2.75) is 31.8 Å². The number of nitrogens with zero attached hydrogens (tertiary/aromatic N) is 3. The van der Waals surface area contributed by atoms with E-state index in [1.165, 1.54) is 43.3 Å². The Bertz CT molecular complexity index is 654. The first-order chi connectivity index (χ1) is 10.8. The van der Waals surface area contributed by atoms with Gasteiger partial charge in [-0.1, -0.05) is 18.2 Å². The van der Waals surface area contributed by atoms with E-state index in [1.807, 2.05) is 12.3 Å². The maximum absolute atomic E-state index is 4.57. The summed E-state index contributed by atoms with van der Waals surface area (Å²) in [5, 5.41) is 1.24. The van der Waals surface area contributed by atoms with E-state index in [0.717, 1.165) is 30.6 Å². The molecule has 3 nitrogen and oxygen atoms in total. The van der Waals surface area contributed by atoms with Gasteiger partial charge in [0, 0.05) is 43.8 Å². The predicted octanol–water partition coefficient (Wildman–Crippen LogP) is 3.15. The zero-order valence-corrected chi connectivity index (χ0v) is 13.4. The third-order valence-corrected chi connectivity index (χ3v) is 5.39. The SMILES string of the molecule is CN(CCN1C[C@@H]2CC[C@H]1C2)Cc1cnc2ccccc2c1. The topological polar surface area (TPSA) is 19.4 Å². The number of likely N-dealkylation sites (tertiary alicyclic amines) is 1. The van der Waals surface area contributed by atoms with E-state index in [2.05, 4.69) is 46.1 Å². The van der Waals surface area contributed by atoms with E-state index in [9.17, 15) is 0 Å². The molecule has 2 atom stereocenters. The number of likely N-dealkylation sites (N-methyl/N-ethyl adjacent to an activating group) is 1. The monoisotopic (exact) mass is 295 g/mol. The molecule has 2 aromatic rings. The van der Waals surface area contributed by atoms with Crippen LogP contribution in [-0.4, -0.2) is 47.5 Å². The molecular weight excluding hydrogens is 270 g/mol. The fraction of sp³-hybridized carbons (Fsp3) is 0.526. The van der Waals surface area contributed by atoms with Gasteiger partial charge in [0.2, 0.25) is 0 Å². The highest BCUT2D eigenvalue weighted by atomic mass is 15.2. The van der Waals surface area contributed by atoms with Crippen LogP contribution >= 0.6 is 0 Å². The number of rotatable bonds is 5. The summed E-state index contributed by atoms with van der Waals surface area (Å²) >= 11 is 0. The third kappa shape index (κ3) is 2.88. The zero-order chi connectivity index (χ0) is 14.9. The molecule has 1 aliphatic carbocycles. The molecule has 1 saturated carbocycles. The molecule has 4 rings (SSSR count). The zero-order valence-electron chi connectivity index (χ0n) is 13.4. The summed E-state index contributed by atoms with van der Waals surface area (Å²) in [5.74, 6) is 1.000. The molecule has 2 fully saturated rings. The molecule has 22 heavy (non-hydrogen) atoms. The van der Waals surface area contributed by atoms with Gasteiger partial charge in [-0.2, -0.15) is 0 Å². The molecule has 1 saturated heterocycles. The van der Waals surface area contributed by atoms with Gasteiger partial charge in [-0.05, 0) is 49.9 Å². The van der Waals surface area contributed by atoms with Gasteiger partial charge >= 0.3 is 0 Å². The summed E-state index contributed by atoms with van der Waals surface area (Å²) in [6, 6.07) is 11.5. The Morgan fingerprint density at radius 3 is 3.00 bits per heavy atom. The lowest BCUT2D eigenvalue weighted by atomic mass is 10.1. The van der Waals surface area contributed by atoms with Gasteiger partial charge in [-0.25, -0.2) is 0 Å². The third-order valence-electron chi connectivity index (χ3n) is 5.39. The number of piperidine rings is 1. The highest BCUT2D eigenvalue weighted by Gasteiger charge is 2.37. The molecule has 0 N–H and O–H groups in total. The van der Waals surface area contributed by atoms with Gasteiger partial charge in [-0.15, -0.1) is 0 Å². The molecule has 0 amide bonds. The highest BCUT2D eigenvalue weighted by molar-refractivity contribution is 5.78. The second-order valence-corrected chi connectivity index (χ2v) is 7.10. The van der Waals surface area contributed by atoms with Gasteiger partial charge in [0.1, 0.15) is 0 Å². The largest absolute Gasteiger partial charge is 0.301 e. The Labute approximate surface area is 132 Å². The quantitative estimate of drug-likeness (QED) is 0.845. The maximum atomic E-state index is 4.57. The number of pyridine rings is 1. The van der Waals surface area contributed by atoms with Crippen molar-refractivity contribution in [3.05, 3.63) is 42.1 Å². The fourth-order valence-electron chi connectivity index (χ4n) is 4.19. The van der Waals surface area contributed by atoms with Crippen LogP contribution in [0.25, 0.3) is 10.9 Å². The molecule has 116 valence electrons. The average molecular weight is 295 g/mol. The van der Waals surface area contributed by atoms with Crippen LogP contribution in [0, 0.1) is 5.92 Å².